The van der Waals surface area contributed by atoms with Crippen LogP contribution in [0.15, 0.2) is 24.3 Å². The Balaban J connectivity index is 2.36. The second-order valence-corrected chi connectivity index (χ2v) is 3.81. The number of rotatable bonds is 6. The lowest BCUT2D eigenvalue weighted by Crippen LogP contribution is -2.15. The Kier molecular flexibility index (Phi) is 5.15. The number of nitrogens with zero attached hydrogens (tertiary/aromatic N) is 1. The minimum atomic E-state index is 0.257. The van der Waals surface area contributed by atoms with Gasteiger partial charge in [-0.1, -0.05) is 12.1 Å². The van der Waals surface area contributed by atoms with E-state index in [2.05, 4.69) is 34.5 Å². The fraction of sp³-hybridized carbons (Fsp3) is 0.500. The zero-order valence-electron chi connectivity index (χ0n) is 9.53. The van der Waals surface area contributed by atoms with Gasteiger partial charge >= 0.3 is 0 Å². The van der Waals surface area contributed by atoms with Gasteiger partial charge < -0.3 is 15.3 Å². The van der Waals surface area contributed by atoms with Crippen molar-refractivity contribution in [2.45, 2.75) is 13.0 Å². The summed E-state index contributed by atoms with van der Waals surface area (Å²) in [7, 11) is 4.07. The molecule has 0 atom stereocenters. The van der Waals surface area contributed by atoms with Gasteiger partial charge in [0.2, 0.25) is 0 Å². The summed E-state index contributed by atoms with van der Waals surface area (Å²) in [4.78, 5) is 2.09. The number of hydrogen-bond acceptors (Lipinski definition) is 3. The molecule has 0 aliphatic carbocycles. The molecule has 0 bridgehead atoms. The number of anilines is 1. The van der Waals surface area contributed by atoms with Crippen molar-refractivity contribution in [3.8, 4) is 0 Å². The van der Waals surface area contributed by atoms with Crippen LogP contribution in [0.4, 0.5) is 5.69 Å². The molecule has 15 heavy (non-hydrogen) atoms. The Morgan fingerprint density at radius 3 is 2.40 bits per heavy atom. The van der Waals surface area contributed by atoms with Crippen molar-refractivity contribution in [2.75, 3.05) is 32.1 Å². The molecule has 0 spiro atoms. The van der Waals surface area contributed by atoms with Crippen LogP contribution in [-0.2, 0) is 6.54 Å². The Bertz CT molecular complexity index is 269. The van der Waals surface area contributed by atoms with Crippen LogP contribution in [0, 0.1) is 0 Å². The van der Waals surface area contributed by atoms with Crippen LogP contribution in [0.1, 0.15) is 12.0 Å². The maximum Gasteiger partial charge on any atom is 0.0443 e. The third-order valence-corrected chi connectivity index (χ3v) is 2.29. The molecular weight excluding hydrogens is 188 g/mol. The lowest BCUT2D eigenvalue weighted by molar-refractivity contribution is 0.286. The van der Waals surface area contributed by atoms with Crippen molar-refractivity contribution in [3.63, 3.8) is 0 Å². The molecule has 0 aromatic heterocycles. The molecule has 0 aliphatic rings. The Morgan fingerprint density at radius 1 is 1.20 bits per heavy atom. The summed E-state index contributed by atoms with van der Waals surface area (Å²) in [5, 5.41) is 11.9. The highest BCUT2D eigenvalue weighted by Gasteiger charge is 1.95. The van der Waals surface area contributed by atoms with Gasteiger partial charge in [0.1, 0.15) is 0 Å². The summed E-state index contributed by atoms with van der Waals surface area (Å²) in [5.74, 6) is 0. The summed E-state index contributed by atoms with van der Waals surface area (Å²) < 4.78 is 0. The zero-order valence-corrected chi connectivity index (χ0v) is 9.53. The highest BCUT2D eigenvalue weighted by atomic mass is 16.3. The summed E-state index contributed by atoms with van der Waals surface area (Å²) in [5.41, 5.74) is 2.49. The molecule has 0 radical (unpaired) electrons. The molecule has 84 valence electrons. The third kappa shape index (κ3) is 4.32. The Morgan fingerprint density at radius 2 is 1.87 bits per heavy atom. The zero-order chi connectivity index (χ0) is 11.1. The van der Waals surface area contributed by atoms with Crippen LogP contribution in [0.3, 0.4) is 0 Å². The van der Waals surface area contributed by atoms with E-state index < -0.39 is 0 Å². The Labute approximate surface area is 91.7 Å². The highest BCUT2D eigenvalue weighted by molar-refractivity contribution is 5.45. The van der Waals surface area contributed by atoms with Crippen molar-refractivity contribution in [1.29, 1.82) is 0 Å². The van der Waals surface area contributed by atoms with Crippen molar-refractivity contribution in [1.82, 2.24) is 5.32 Å². The van der Waals surface area contributed by atoms with Gasteiger partial charge in [-0.2, -0.15) is 0 Å². The van der Waals surface area contributed by atoms with E-state index in [1.807, 2.05) is 14.1 Å². The van der Waals surface area contributed by atoms with Crippen molar-refractivity contribution < 1.29 is 5.11 Å². The van der Waals surface area contributed by atoms with Crippen LogP contribution in [-0.4, -0.2) is 32.4 Å². The minimum Gasteiger partial charge on any atom is -0.396 e. The second kappa shape index (κ2) is 6.43. The maximum absolute atomic E-state index is 8.62. The van der Waals surface area contributed by atoms with E-state index in [1.165, 1.54) is 11.3 Å². The molecule has 3 heteroatoms. The molecular formula is C12H20N2O. The molecule has 0 saturated heterocycles. The van der Waals surface area contributed by atoms with Crippen LogP contribution < -0.4 is 10.2 Å². The summed E-state index contributed by atoms with van der Waals surface area (Å²) in [6.45, 7) is 1.99. The molecule has 1 rings (SSSR count). The first-order valence-corrected chi connectivity index (χ1v) is 5.32. The fourth-order valence-electron chi connectivity index (χ4n) is 1.35. The minimum absolute atomic E-state index is 0.257. The smallest absolute Gasteiger partial charge is 0.0443 e. The van der Waals surface area contributed by atoms with Crippen molar-refractivity contribution >= 4 is 5.69 Å². The average molecular weight is 208 g/mol. The van der Waals surface area contributed by atoms with E-state index in [4.69, 9.17) is 5.11 Å². The van der Waals surface area contributed by atoms with E-state index >= 15 is 0 Å². The van der Waals surface area contributed by atoms with E-state index in [1.54, 1.807) is 0 Å². The first kappa shape index (κ1) is 12.0. The van der Waals surface area contributed by atoms with E-state index in [-0.39, 0.29) is 6.61 Å². The normalized spacial score (nSPS) is 10.3. The molecule has 1 aromatic rings. The number of nitrogens with one attached hydrogen (secondary N) is 1. The molecule has 0 saturated carbocycles. The van der Waals surface area contributed by atoms with Crippen molar-refractivity contribution in [2.24, 2.45) is 0 Å². The number of hydrogen-bond donors (Lipinski definition) is 2. The molecule has 2 N–H and O–H groups in total. The number of benzene rings is 1. The highest BCUT2D eigenvalue weighted by Crippen LogP contribution is 2.11. The van der Waals surface area contributed by atoms with Gasteiger partial charge in [0.15, 0.2) is 0 Å². The molecule has 0 aliphatic heterocycles. The number of aliphatic hydroxyl groups excluding tert-OH is 1. The van der Waals surface area contributed by atoms with Gasteiger partial charge in [-0.25, -0.2) is 0 Å². The SMILES string of the molecule is CN(C)c1ccc(CNCCCO)cc1. The molecule has 0 heterocycles. The van der Waals surface area contributed by atoms with Crippen molar-refractivity contribution in [3.05, 3.63) is 29.8 Å². The largest absolute Gasteiger partial charge is 0.396 e. The van der Waals surface area contributed by atoms with Crippen LogP contribution in [0.2, 0.25) is 0 Å². The monoisotopic (exact) mass is 208 g/mol. The first-order chi connectivity index (χ1) is 7.24. The lowest BCUT2D eigenvalue weighted by Gasteiger charge is -2.12. The summed E-state index contributed by atoms with van der Waals surface area (Å²) >= 11 is 0. The van der Waals surface area contributed by atoms with Crippen LogP contribution in [0.5, 0.6) is 0 Å². The molecule has 3 nitrogen and oxygen atoms in total. The van der Waals surface area contributed by atoms with Gasteiger partial charge in [-0.15, -0.1) is 0 Å². The fourth-order valence-corrected chi connectivity index (χ4v) is 1.35. The van der Waals surface area contributed by atoms with Gasteiger partial charge in [0, 0.05) is 32.9 Å². The molecule has 0 amide bonds. The van der Waals surface area contributed by atoms with Crippen LogP contribution >= 0.6 is 0 Å². The van der Waals surface area contributed by atoms with E-state index in [9.17, 15) is 0 Å². The lowest BCUT2D eigenvalue weighted by atomic mass is 10.2. The standard InChI is InChI=1S/C12H20N2O/c1-14(2)12-6-4-11(5-7-12)10-13-8-3-9-15/h4-7,13,15H,3,8-10H2,1-2H3. The summed E-state index contributed by atoms with van der Waals surface area (Å²) in [6.07, 6.45) is 0.815. The molecule has 1 aromatic carbocycles. The topological polar surface area (TPSA) is 35.5 Å². The third-order valence-electron chi connectivity index (χ3n) is 2.29. The maximum atomic E-state index is 8.62. The summed E-state index contributed by atoms with van der Waals surface area (Å²) in [6, 6.07) is 8.48. The van der Waals surface area contributed by atoms with Gasteiger partial charge in [-0.3, -0.25) is 0 Å². The van der Waals surface area contributed by atoms with Gasteiger partial charge in [0.25, 0.3) is 0 Å². The van der Waals surface area contributed by atoms with E-state index in [0.29, 0.717) is 0 Å². The van der Waals surface area contributed by atoms with E-state index in [0.717, 1.165) is 19.5 Å². The van der Waals surface area contributed by atoms with Gasteiger partial charge in [0.05, 0.1) is 0 Å². The first-order valence-electron chi connectivity index (χ1n) is 5.32. The molecule has 0 fully saturated rings. The predicted molar refractivity (Wildman–Crippen MR) is 64.2 cm³/mol. The quantitative estimate of drug-likeness (QED) is 0.690. The second-order valence-electron chi connectivity index (χ2n) is 3.81. The average Bonchev–Trinajstić information content (AvgIpc) is 2.25. The van der Waals surface area contributed by atoms with Gasteiger partial charge in [-0.05, 0) is 30.7 Å². The number of aliphatic hydroxyl groups is 1. The Hall–Kier alpha value is -1.06. The predicted octanol–water partition coefficient (Wildman–Crippen LogP) is 1.22. The molecule has 0 unspecified atom stereocenters. The van der Waals surface area contributed by atoms with Crippen LogP contribution in [0.25, 0.3) is 0 Å².